The van der Waals surface area contributed by atoms with Crippen LogP contribution in [0.25, 0.3) is 0 Å². The maximum atomic E-state index is 13.2. The molecule has 0 aliphatic carbocycles. The summed E-state index contributed by atoms with van der Waals surface area (Å²) < 4.78 is 18.4. The summed E-state index contributed by atoms with van der Waals surface area (Å²) in [5.74, 6) is 0. The van der Waals surface area contributed by atoms with Crippen LogP contribution in [-0.4, -0.2) is 56.5 Å². The Hall–Kier alpha value is -0.190. The molecule has 12 heavy (non-hydrogen) atoms. The smallest absolute Gasteiger partial charge is 0.129 e. The van der Waals surface area contributed by atoms with E-state index in [0.717, 1.165) is 32.8 Å². The molecule has 70 valence electrons. The van der Waals surface area contributed by atoms with Crippen molar-refractivity contribution < 1.29 is 9.13 Å². The van der Waals surface area contributed by atoms with E-state index in [1.54, 1.807) is 0 Å². The molecule has 4 heteroatoms. The van der Waals surface area contributed by atoms with Gasteiger partial charge in [-0.05, 0) is 0 Å². The maximum absolute atomic E-state index is 13.2. The van der Waals surface area contributed by atoms with E-state index < -0.39 is 6.17 Å². The zero-order chi connectivity index (χ0) is 8.39. The van der Waals surface area contributed by atoms with Gasteiger partial charge in [-0.2, -0.15) is 0 Å². The highest BCUT2D eigenvalue weighted by Crippen LogP contribution is 2.13. The minimum Gasteiger partial charge on any atom is -0.379 e. The van der Waals surface area contributed by atoms with E-state index in [4.69, 9.17) is 4.74 Å². The number of rotatable bonds is 1. The SMILES string of the molecule is FC1CNCC1N1CCOCC1. The molecule has 2 rings (SSSR count). The van der Waals surface area contributed by atoms with Crippen molar-refractivity contribution in [1.82, 2.24) is 10.2 Å². The molecule has 3 nitrogen and oxygen atoms in total. The third-order valence-corrected chi connectivity index (χ3v) is 2.63. The second-order valence-electron chi connectivity index (χ2n) is 3.39. The fraction of sp³-hybridized carbons (Fsp3) is 1.00. The van der Waals surface area contributed by atoms with E-state index in [0.29, 0.717) is 6.54 Å². The quantitative estimate of drug-likeness (QED) is 0.587. The minimum absolute atomic E-state index is 0.0916. The highest BCUT2D eigenvalue weighted by molar-refractivity contribution is 4.89. The van der Waals surface area contributed by atoms with Gasteiger partial charge in [0, 0.05) is 26.2 Å². The lowest BCUT2D eigenvalue weighted by molar-refractivity contribution is 0.00768. The Morgan fingerprint density at radius 3 is 2.58 bits per heavy atom. The van der Waals surface area contributed by atoms with Gasteiger partial charge in [0.25, 0.3) is 0 Å². The lowest BCUT2D eigenvalue weighted by atomic mass is 10.2. The van der Waals surface area contributed by atoms with Gasteiger partial charge in [0.15, 0.2) is 0 Å². The van der Waals surface area contributed by atoms with E-state index in [2.05, 4.69) is 10.2 Å². The van der Waals surface area contributed by atoms with Crippen LogP contribution in [0.3, 0.4) is 0 Å². The summed E-state index contributed by atoms with van der Waals surface area (Å²) in [5, 5.41) is 3.06. The molecule has 0 radical (unpaired) electrons. The molecule has 1 N–H and O–H groups in total. The Morgan fingerprint density at radius 2 is 2.00 bits per heavy atom. The molecule has 2 fully saturated rings. The van der Waals surface area contributed by atoms with Gasteiger partial charge in [-0.1, -0.05) is 0 Å². The fourth-order valence-electron chi connectivity index (χ4n) is 1.90. The number of nitrogens with zero attached hydrogens (tertiary/aromatic N) is 1. The predicted octanol–water partition coefficient (Wildman–Crippen LogP) is -0.372. The first-order chi connectivity index (χ1) is 5.88. The Balaban J connectivity index is 1.89. The Labute approximate surface area is 71.9 Å². The molecule has 2 unspecified atom stereocenters. The average Bonchev–Trinajstić information content (AvgIpc) is 2.53. The van der Waals surface area contributed by atoms with Crippen LogP contribution in [0.1, 0.15) is 0 Å². The first-order valence-corrected chi connectivity index (χ1v) is 4.54. The van der Waals surface area contributed by atoms with Gasteiger partial charge >= 0.3 is 0 Å². The highest BCUT2D eigenvalue weighted by atomic mass is 19.1. The molecule has 0 aromatic carbocycles. The van der Waals surface area contributed by atoms with Crippen LogP contribution in [0.15, 0.2) is 0 Å². The third-order valence-electron chi connectivity index (χ3n) is 2.63. The molecule has 2 aliphatic rings. The summed E-state index contributed by atoms with van der Waals surface area (Å²) in [7, 11) is 0. The topological polar surface area (TPSA) is 24.5 Å². The number of nitrogens with one attached hydrogen (secondary N) is 1. The number of ether oxygens (including phenoxy) is 1. The van der Waals surface area contributed by atoms with Crippen LogP contribution in [0.2, 0.25) is 0 Å². The Kier molecular flexibility index (Phi) is 2.58. The van der Waals surface area contributed by atoms with Crippen LogP contribution in [0, 0.1) is 0 Å². The molecular weight excluding hydrogens is 159 g/mol. The molecule has 2 heterocycles. The van der Waals surface area contributed by atoms with Gasteiger partial charge < -0.3 is 10.1 Å². The first-order valence-electron chi connectivity index (χ1n) is 4.54. The predicted molar refractivity (Wildman–Crippen MR) is 43.9 cm³/mol. The van der Waals surface area contributed by atoms with E-state index in [1.807, 2.05) is 0 Å². The second kappa shape index (κ2) is 3.68. The highest BCUT2D eigenvalue weighted by Gasteiger charge is 2.32. The van der Waals surface area contributed by atoms with Crippen molar-refractivity contribution in [2.75, 3.05) is 39.4 Å². The van der Waals surface area contributed by atoms with Crippen molar-refractivity contribution in [1.29, 1.82) is 0 Å². The summed E-state index contributed by atoms with van der Waals surface area (Å²) in [6.07, 6.45) is -0.692. The first kappa shape index (κ1) is 8.41. The summed E-state index contributed by atoms with van der Waals surface area (Å²) in [6, 6.07) is 0.0916. The van der Waals surface area contributed by atoms with Gasteiger partial charge in [-0.3, -0.25) is 4.90 Å². The monoisotopic (exact) mass is 174 g/mol. The number of alkyl halides is 1. The average molecular weight is 174 g/mol. The van der Waals surface area contributed by atoms with E-state index in [-0.39, 0.29) is 6.04 Å². The van der Waals surface area contributed by atoms with Crippen LogP contribution in [0.5, 0.6) is 0 Å². The number of morpholine rings is 1. The lowest BCUT2D eigenvalue weighted by Gasteiger charge is -2.32. The minimum atomic E-state index is -0.692. The zero-order valence-electron chi connectivity index (χ0n) is 7.13. The van der Waals surface area contributed by atoms with Crippen molar-refractivity contribution >= 4 is 0 Å². The van der Waals surface area contributed by atoms with Crippen molar-refractivity contribution in [3.63, 3.8) is 0 Å². The molecule has 0 amide bonds. The zero-order valence-corrected chi connectivity index (χ0v) is 7.13. The van der Waals surface area contributed by atoms with E-state index in [1.165, 1.54) is 0 Å². The molecule has 2 atom stereocenters. The van der Waals surface area contributed by atoms with E-state index >= 15 is 0 Å². The molecule has 0 aromatic heterocycles. The van der Waals surface area contributed by atoms with Crippen molar-refractivity contribution in [3.05, 3.63) is 0 Å². The molecule has 2 saturated heterocycles. The largest absolute Gasteiger partial charge is 0.379 e. The van der Waals surface area contributed by atoms with Crippen molar-refractivity contribution in [2.45, 2.75) is 12.2 Å². The van der Waals surface area contributed by atoms with Crippen molar-refractivity contribution in [3.8, 4) is 0 Å². The number of hydrogen-bond acceptors (Lipinski definition) is 3. The Bertz CT molecular complexity index is 150. The van der Waals surface area contributed by atoms with Crippen LogP contribution in [0.4, 0.5) is 4.39 Å². The van der Waals surface area contributed by atoms with Crippen LogP contribution in [-0.2, 0) is 4.74 Å². The second-order valence-corrected chi connectivity index (χ2v) is 3.39. The van der Waals surface area contributed by atoms with Crippen LogP contribution >= 0.6 is 0 Å². The fourth-order valence-corrected chi connectivity index (χ4v) is 1.90. The van der Waals surface area contributed by atoms with Crippen LogP contribution < -0.4 is 5.32 Å². The summed E-state index contributed by atoms with van der Waals surface area (Å²) in [5.41, 5.74) is 0. The lowest BCUT2D eigenvalue weighted by Crippen LogP contribution is -2.47. The standard InChI is InChI=1S/C8H15FN2O/c9-7-5-10-6-8(7)11-1-3-12-4-2-11/h7-8,10H,1-6H2. The summed E-state index contributed by atoms with van der Waals surface area (Å²) in [4.78, 5) is 2.19. The Morgan fingerprint density at radius 1 is 1.25 bits per heavy atom. The van der Waals surface area contributed by atoms with Gasteiger partial charge in [0.2, 0.25) is 0 Å². The molecular formula is C8H15FN2O. The van der Waals surface area contributed by atoms with Gasteiger partial charge in [0.05, 0.1) is 19.3 Å². The molecule has 0 saturated carbocycles. The third kappa shape index (κ3) is 1.60. The summed E-state index contributed by atoms with van der Waals surface area (Å²) in [6.45, 7) is 4.58. The molecule has 0 bridgehead atoms. The summed E-state index contributed by atoms with van der Waals surface area (Å²) >= 11 is 0. The maximum Gasteiger partial charge on any atom is 0.129 e. The van der Waals surface area contributed by atoms with Gasteiger partial charge in [0.1, 0.15) is 6.17 Å². The van der Waals surface area contributed by atoms with Crippen molar-refractivity contribution in [2.24, 2.45) is 0 Å². The molecule has 0 spiro atoms. The normalized spacial score (nSPS) is 38.8. The molecule has 2 aliphatic heterocycles. The molecule has 0 aromatic rings. The van der Waals surface area contributed by atoms with Gasteiger partial charge in [-0.25, -0.2) is 4.39 Å². The van der Waals surface area contributed by atoms with E-state index in [9.17, 15) is 4.39 Å². The number of hydrogen-bond donors (Lipinski definition) is 1. The van der Waals surface area contributed by atoms with Gasteiger partial charge in [-0.15, -0.1) is 0 Å². The number of halogens is 1.